The summed E-state index contributed by atoms with van der Waals surface area (Å²) < 4.78 is 0. The van der Waals surface area contributed by atoms with E-state index in [2.05, 4.69) is 44.3 Å². The fourth-order valence-corrected chi connectivity index (χ4v) is 1.39. The van der Waals surface area contributed by atoms with Crippen LogP contribution in [0.4, 0.5) is 0 Å². The highest BCUT2D eigenvalue weighted by Gasteiger charge is 2.13. The van der Waals surface area contributed by atoms with Crippen molar-refractivity contribution in [2.24, 2.45) is 11.0 Å². The standard InChI is InChI=1S/C10H16N2.C2H4/c1-5-10-9(8(2)3)6-7-11-12(10)4;1-2/h5-8H,1-4H3;1-2H2/b10-5-;. The Kier molecular flexibility index (Phi) is 5.61. The van der Waals surface area contributed by atoms with Gasteiger partial charge in [-0.2, -0.15) is 5.10 Å². The molecule has 0 aromatic heterocycles. The van der Waals surface area contributed by atoms with Crippen molar-refractivity contribution in [3.05, 3.63) is 36.6 Å². The van der Waals surface area contributed by atoms with E-state index >= 15 is 0 Å². The van der Waals surface area contributed by atoms with Crippen molar-refractivity contribution >= 4 is 6.21 Å². The number of rotatable bonds is 1. The smallest absolute Gasteiger partial charge is 0.0583 e. The number of nitrogens with zero attached hydrogens (tertiary/aromatic N) is 2. The molecule has 0 aliphatic carbocycles. The third-order valence-corrected chi connectivity index (χ3v) is 2.03. The van der Waals surface area contributed by atoms with Gasteiger partial charge in [0.05, 0.1) is 5.70 Å². The topological polar surface area (TPSA) is 15.6 Å². The summed E-state index contributed by atoms with van der Waals surface area (Å²) in [4.78, 5) is 0. The van der Waals surface area contributed by atoms with Gasteiger partial charge in [0.1, 0.15) is 0 Å². The van der Waals surface area contributed by atoms with Gasteiger partial charge in [0.15, 0.2) is 0 Å². The maximum atomic E-state index is 4.18. The molecule has 0 atom stereocenters. The van der Waals surface area contributed by atoms with E-state index in [9.17, 15) is 0 Å². The van der Waals surface area contributed by atoms with Crippen LogP contribution < -0.4 is 0 Å². The van der Waals surface area contributed by atoms with Gasteiger partial charge in [0.25, 0.3) is 0 Å². The second-order valence-corrected chi connectivity index (χ2v) is 3.24. The molecule has 0 aromatic carbocycles. The number of hydrogen-bond donors (Lipinski definition) is 0. The predicted octanol–water partition coefficient (Wildman–Crippen LogP) is 3.21. The minimum Gasteiger partial charge on any atom is -0.269 e. The first-order valence-electron chi connectivity index (χ1n) is 4.81. The molecule has 1 heterocycles. The largest absolute Gasteiger partial charge is 0.269 e. The van der Waals surface area contributed by atoms with Crippen molar-refractivity contribution in [2.75, 3.05) is 7.05 Å². The summed E-state index contributed by atoms with van der Waals surface area (Å²) in [5.41, 5.74) is 2.57. The van der Waals surface area contributed by atoms with Crippen LogP contribution in [0.3, 0.4) is 0 Å². The summed E-state index contributed by atoms with van der Waals surface area (Å²) in [5, 5.41) is 6.09. The molecule has 14 heavy (non-hydrogen) atoms. The molecule has 1 aliphatic rings. The first kappa shape index (κ1) is 12.7. The van der Waals surface area contributed by atoms with Crippen LogP contribution in [0, 0.1) is 5.92 Å². The highest BCUT2D eigenvalue weighted by atomic mass is 15.4. The lowest BCUT2D eigenvalue weighted by Crippen LogP contribution is -2.18. The Morgan fingerprint density at radius 1 is 1.43 bits per heavy atom. The first-order chi connectivity index (χ1) is 6.66. The van der Waals surface area contributed by atoms with E-state index in [4.69, 9.17) is 0 Å². The third kappa shape index (κ3) is 2.87. The van der Waals surface area contributed by atoms with E-state index in [1.165, 1.54) is 11.3 Å². The molecule has 1 aliphatic heterocycles. The maximum absolute atomic E-state index is 4.18. The van der Waals surface area contributed by atoms with Crippen molar-refractivity contribution < 1.29 is 0 Å². The van der Waals surface area contributed by atoms with Crippen LogP contribution in [0.1, 0.15) is 20.8 Å². The molecule has 0 unspecified atom stereocenters. The molecule has 0 fully saturated rings. The number of hydrazone groups is 1. The monoisotopic (exact) mass is 192 g/mol. The summed E-state index contributed by atoms with van der Waals surface area (Å²) in [7, 11) is 1.97. The SMILES string of the molecule is C/C=C1/C(C(C)C)=CC=NN1C.C=C. The van der Waals surface area contributed by atoms with Gasteiger partial charge in [0, 0.05) is 13.3 Å². The Labute approximate surface area is 87.3 Å². The highest BCUT2D eigenvalue weighted by molar-refractivity contribution is 5.75. The van der Waals surface area contributed by atoms with Gasteiger partial charge < -0.3 is 0 Å². The van der Waals surface area contributed by atoms with Crippen LogP contribution >= 0.6 is 0 Å². The van der Waals surface area contributed by atoms with Crippen molar-refractivity contribution in [2.45, 2.75) is 20.8 Å². The van der Waals surface area contributed by atoms with E-state index in [1.807, 2.05) is 25.2 Å². The van der Waals surface area contributed by atoms with Gasteiger partial charge in [0.2, 0.25) is 0 Å². The summed E-state index contributed by atoms with van der Waals surface area (Å²) >= 11 is 0. The van der Waals surface area contributed by atoms with Crippen LogP contribution in [-0.2, 0) is 0 Å². The van der Waals surface area contributed by atoms with Gasteiger partial charge in [-0.15, -0.1) is 13.2 Å². The zero-order valence-corrected chi connectivity index (χ0v) is 9.62. The number of hydrogen-bond acceptors (Lipinski definition) is 2. The Bertz CT molecular complexity index is 259. The summed E-state index contributed by atoms with van der Waals surface area (Å²) in [5.74, 6) is 0.561. The van der Waals surface area contributed by atoms with Crippen molar-refractivity contribution in [3.8, 4) is 0 Å². The predicted molar refractivity (Wildman–Crippen MR) is 64.2 cm³/mol. The number of allylic oxidation sites excluding steroid dienone is 3. The fourth-order valence-electron chi connectivity index (χ4n) is 1.39. The van der Waals surface area contributed by atoms with Crippen LogP contribution in [0.15, 0.2) is 41.7 Å². The first-order valence-corrected chi connectivity index (χ1v) is 4.81. The quantitative estimate of drug-likeness (QED) is 0.582. The van der Waals surface area contributed by atoms with Crippen molar-refractivity contribution in [1.82, 2.24) is 5.01 Å². The molecule has 0 radical (unpaired) electrons. The maximum Gasteiger partial charge on any atom is 0.0583 e. The second kappa shape index (κ2) is 6.19. The fraction of sp³-hybridized carbons (Fsp3) is 0.417. The molecule has 0 saturated carbocycles. The van der Waals surface area contributed by atoms with E-state index in [0.717, 1.165) is 0 Å². The lowest BCUT2D eigenvalue weighted by Gasteiger charge is -2.24. The number of likely N-dealkylation sites (N-methyl/N-ethyl adjacent to an activating group) is 1. The lowest BCUT2D eigenvalue weighted by atomic mass is 9.98. The van der Waals surface area contributed by atoms with Gasteiger partial charge in [-0.1, -0.05) is 19.9 Å². The molecule has 0 bridgehead atoms. The molecule has 2 nitrogen and oxygen atoms in total. The van der Waals surface area contributed by atoms with Crippen LogP contribution in [0.5, 0.6) is 0 Å². The molecule has 0 aromatic rings. The molecule has 2 heteroatoms. The van der Waals surface area contributed by atoms with Crippen molar-refractivity contribution in [1.29, 1.82) is 0 Å². The van der Waals surface area contributed by atoms with Crippen molar-refractivity contribution in [3.63, 3.8) is 0 Å². The lowest BCUT2D eigenvalue weighted by molar-refractivity contribution is 0.440. The molecular formula is C12H20N2. The normalized spacial score (nSPS) is 17.9. The Morgan fingerprint density at radius 2 is 2.00 bits per heavy atom. The van der Waals surface area contributed by atoms with E-state index in [0.29, 0.717) is 5.92 Å². The van der Waals surface area contributed by atoms with Gasteiger partial charge >= 0.3 is 0 Å². The van der Waals surface area contributed by atoms with Gasteiger partial charge in [-0.3, -0.25) is 5.01 Å². The van der Waals surface area contributed by atoms with Gasteiger partial charge in [-0.25, -0.2) is 0 Å². The highest BCUT2D eigenvalue weighted by Crippen LogP contribution is 2.23. The second-order valence-electron chi connectivity index (χ2n) is 3.24. The third-order valence-electron chi connectivity index (χ3n) is 2.03. The summed E-state index contributed by atoms with van der Waals surface area (Å²) in [6, 6.07) is 0. The molecular weight excluding hydrogens is 172 g/mol. The van der Waals surface area contributed by atoms with E-state index in [1.54, 1.807) is 0 Å². The minimum absolute atomic E-state index is 0.561. The average molecular weight is 192 g/mol. The van der Waals surface area contributed by atoms with E-state index < -0.39 is 0 Å². The molecule has 0 spiro atoms. The Hall–Kier alpha value is -1.31. The van der Waals surface area contributed by atoms with Crippen LogP contribution in [0.25, 0.3) is 0 Å². The molecule has 78 valence electrons. The average Bonchev–Trinajstić information content (AvgIpc) is 2.20. The zero-order valence-electron chi connectivity index (χ0n) is 9.62. The summed E-state index contributed by atoms with van der Waals surface area (Å²) in [6.45, 7) is 12.4. The Morgan fingerprint density at radius 3 is 2.36 bits per heavy atom. The Balaban J connectivity index is 0.000000791. The zero-order chi connectivity index (χ0) is 11.1. The van der Waals surface area contributed by atoms with Crippen LogP contribution in [-0.4, -0.2) is 18.3 Å². The van der Waals surface area contributed by atoms with E-state index in [-0.39, 0.29) is 0 Å². The molecule has 1 rings (SSSR count). The molecule has 0 amide bonds. The molecule has 0 N–H and O–H groups in total. The molecule has 0 saturated heterocycles. The van der Waals surface area contributed by atoms with Gasteiger partial charge in [-0.05, 0) is 24.5 Å². The minimum atomic E-state index is 0.561. The van der Waals surface area contributed by atoms with Crippen LogP contribution in [0.2, 0.25) is 0 Å². The summed E-state index contributed by atoms with van der Waals surface area (Å²) in [6.07, 6.45) is 6.03.